The molecule has 1 aliphatic rings. The van der Waals surface area contributed by atoms with Gasteiger partial charge in [0.15, 0.2) is 11.6 Å². The lowest BCUT2D eigenvalue weighted by molar-refractivity contribution is 0.297. The van der Waals surface area contributed by atoms with Crippen molar-refractivity contribution in [2.24, 2.45) is 0 Å². The second kappa shape index (κ2) is 6.58. The van der Waals surface area contributed by atoms with Crippen molar-refractivity contribution in [3.8, 4) is 0 Å². The first-order valence-electron chi connectivity index (χ1n) is 8.56. The van der Waals surface area contributed by atoms with Gasteiger partial charge in [-0.15, -0.1) is 0 Å². The van der Waals surface area contributed by atoms with Gasteiger partial charge in [-0.25, -0.2) is 17.2 Å². The monoisotopic (exact) mass is 388 g/mol. The van der Waals surface area contributed by atoms with Crippen LogP contribution in [0.25, 0.3) is 0 Å². The molecule has 4 nitrogen and oxygen atoms in total. The van der Waals surface area contributed by atoms with E-state index in [-0.39, 0.29) is 11.4 Å². The van der Waals surface area contributed by atoms with E-state index in [1.54, 1.807) is 24.3 Å². The number of benzene rings is 2. The molecule has 0 bridgehead atoms. The molecule has 0 N–H and O–H groups in total. The Hall–Kier alpha value is -2.51. The Morgan fingerprint density at radius 1 is 0.963 bits per heavy atom. The van der Waals surface area contributed by atoms with E-state index >= 15 is 0 Å². The van der Waals surface area contributed by atoms with Crippen LogP contribution in [0.15, 0.2) is 65.7 Å². The van der Waals surface area contributed by atoms with Crippen LogP contribution in [0.4, 0.5) is 8.78 Å². The highest BCUT2D eigenvalue weighted by Gasteiger charge is 2.37. The van der Waals surface area contributed by atoms with E-state index in [4.69, 9.17) is 0 Å². The maximum atomic E-state index is 13.9. The minimum absolute atomic E-state index is 0.181. The van der Waals surface area contributed by atoms with E-state index in [0.29, 0.717) is 12.1 Å². The lowest BCUT2D eigenvalue weighted by Crippen LogP contribution is -2.42. The summed E-state index contributed by atoms with van der Waals surface area (Å²) in [6, 6.07) is 13.1. The molecule has 0 saturated carbocycles. The molecule has 140 valence electrons. The molecule has 1 aromatic heterocycles. The van der Waals surface area contributed by atoms with Crippen LogP contribution in [0.2, 0.25) is 0 Å². The third-order valence-electron chi connectivity index (χ3n) is 4.88. The molecule has 0 spiro atoms. The smallest absolute Gasteiger partial charge is 0.244 e. The van der Waals surface area contributed by atoms with Gasteiger partial charge in [0.1, 0.15) is 0 Å². The average molecular weight is 388 g/mol. The van der Waals surface area contributed by atoms with Gasteiger partial charge >= 0.3 is 0 Å². The van der Waals surface area contributed by atoms with E-state index in [0.717, 1.165) is 23.4 Å². The van der Waals surface area contributed by atoms with Gasteiger partial charge in [0.2, 0.25) is 10.0 Å². The first-order chi connectivity index (χ1) is 12.9. The summed E-state index contributed by atoms with van der Waals surface area (Å²) in [6.07, 6.45) is 1.86. The topological polar surface area (TPSA) is 42.3 Å². The molecule has 0 fully saturated rings. The molecule has 0 saturated heterocycles. The second-order valence-corrected chi connectivity index (χ2v) is 8.52. The summed E-state index contributed by atoms with van der Waals surface area (Å²) in [5.41, 5.74) is 2.07. The molecule has 7 heteroatoms. The number of hydrogen-bond acceptors (Lipinski definition) is 2. The van der Waals surface area contributed by atoms with Crippen molar-refractivity contribution in [2.75, 3.05) is 6.54 Å². The molecule has 1 aliphatic heterocycles. The van der Waals surface area contributed by atoms with E-state index in [1.807, 2.05) is 29.8 Å². The number of nitrogens with zero attached hydrogens (tertiary/aromatic N) is 2. The van der Waals surface area contributed by atoms with E-state index in [1.165, 1.54) is 10.4 Å². The SMILES string of the molecule is Cc1ccc(S(=O)(=O)N2CCn3cccc3[C@H]2c2ccc(F)c(F)c2)cc1. The first kappa shape index (κ1) is 17.9. The van der Waals surface area contributed by atoms with E-state index in [9.17, 15) is 17.2 Å². The van der Waals surface area contributed by atoms with Crippen molar-refractivity contribution < 1.29 is 17.2 Å². The molecule has 0 aliphatic carbocycles. The van der Waals surface area contributed by atoms with Gasteiger partial charge in [-0.05, 0) is 48.9 Å². The Morgan fingerprint density at radius 2 is 1.70 bits per heavy atom. The Kier molecular flexibility index (Phi) is 4.36. The lowest BCUT2D eigenvalue weighted by atomic mass is 10.0. The van der Waals surface area contributed by atoms with Crippen LogP contribution in [0.1, 0.15) is 22.9 Å². The van der Waals surface area contributed by atoms with Crippen LogP contribution >= 0.6 is 0 Å². The molecule has 0 unspecified atom stereocenters. The number of halogens is 2. The summed E-state index contributed by atoms with van der Waals surface area (Å²) in [5, 5.41) is 0. The van der Waals surface area contributed by atoms with Crippen molar-refractivity contribution in [1.29, 1.82) is 0 Å². The molecule has 1 atom stereocenters. The van der Waals surface area contributed by atoms with Crippen molar-refractivity contribution in [2.45, 2.75) is 24.4 Å². The lowest BCUT2D eigenvalue weighted by Gasteiger charge is -2.36. The fraction of sp³-hybridized carbons (Fsp3) is 0.200. The molecule has 27 heavy (non-hydrogen) atoms. The normalized spacial score (nSPS) is 17.7. The van der Waals surface area contributed by atoms with Gasteiger partial charge in [0, 0.05) is 25.0 Å². The van der Waals surface area contributed by atoms with Crippen LogP contribution in [-0.4, -0.2) is 23.8 Å². The Morgan fingerprint density at radius 3 is 2.41 bits per heavy atom. The summed E-state index contributed by atoms with van der Waals surface area (Å²) in [5.74, 6) is -1.96. The highest BCUT2D eigenvalue weighted by molar-refractivity contribution is 7.89. The number of aryl methyl sites for hydroxylation is 1. The van der Waals surface area contributed by atoms with Gasteiger partial charge < -0.3 is 4.57 Å². The number of aromatic nitrogens is 1. The predicted octanol–water partition coefficient (Wildman–Crippen LogP) is 3.87. The van der Waals surface area contributed by atoms with Crippen molar-refractivity contribution >= 4 is 10.0 Å². The zero-order chi connectivity index (χ0) is 19.2. The van der Waals surface area contributed by atoms with E-state index in [2.05, 4.69) is 0 Å². The molecule has 2 heterocycles. The Labute approximate surface area is 156 Å². The second-order valence-electron chi connectivity index (χ2n) is 6.63. The third kappa shape index (κ3) is 3.07. The summed E-state index contributed by atoms with van der Waals surface area (Å²) in [7, 11) is -3.82. The molecular formula is C20H18F2N2O2S. The highest BCUT2D eigenvalue weighted by atomic mass is 32.2. The van der Waals surface area contributed by atoms with Crippen molar-refractivity contribution in [3.63, 3.8) is 0 Å². The summed E-state index contributed by atoms with van der Waals surface area (Å²) in [6.45, 7) is 2.61. The molecular weight excluding hydrogens is 370 g/mol. The highest BCUT2D eigenvalue weighted by Crippen LogP contribution is 2.36. The third-order valence-corrected chi connectivity index (χ3v) is 6.76. The van der Waals surface area contributed by atoms with Gasteiger partial charge in [-0.1, -0.05) is 23.8 Å². The minimum Gasteiger partial charge on any atom is -0.348 e. The van der Waals surface area contributed by atoms with Gasteiger partial charge in [0.05, 0.1) is 10.9 Å². The van der Waals surface area contributed by atoms with Crippen LogP contribution in [0, 0.1) is 18.6 Å². The summed E-state index contributed by atoms with van der Waals surface area (Å²) < 4.78 is 57.2. The quantitative estimate of drug-likeness (QED) is 0.684. The number of fused-ring (bicyclic) bond motifs is 1. The van der Waals surface area contributed by atoms with E-state index < -0.39 is 27.7 Å². The van der Waals surface area contributed by atoms with Crippen molar-refractivity contribution in [3.05, 3.63) is 89.2 Å². The molecule has 3 aromatic rings. The first-order valence-corrected chi connectivity index (χ1v) is 10.0. The maximum absolute atomic E-state index is 13.9. The number of sulfonamides is 1. The fourth-order valence-electron chi connectivity index (χ4n) is 3.49. The van der Waals surface area contributed by atoms with Gasteiger partial charge in [-0.2, -0.15) is 4.31 Å². The van der Waals surface area contributed by atoms with Gasteiger partial charge in [0.25, 0.3) is 0 Å². The van der Waals surface area contributed by atoms with Gasteiger partial charge in [-0.3, -0.25) is 0 Å². The standard InChI is InChI=1S/C20H18F2N2O2S/c1-14-4-7-16(8-5-14)27(25,26)24-12-11-23-10-2-3-19(23)20(24)15-6-9-17(21)18(22)13-15/h2-10,13,20H,11-12H2,1H3/t20-/m1/s1. The zero-order valence-electron chi connectivity index (χ0n) is 14.6. The molecule has 4 rings (SSSR count). The largest absolute Gasteiger partial charge is 0.348 e. The van der Waals surface area contributed by atoms with Crippen LogP contribution in [0.5, 0.6) is 0 Å². The summed E-state index contributed by atoms with van der Waals surface area (Å²) >= 11 is 0. The number of hydrogen-bond donors (Lipinski definition) is 0. The van der Waals surface area contributed by atoms with Crippen LogP contribution in [-0.2, 0) is 16.6 Å². The molecule has 0 radical (unpaired) electrons. The average Bonchev–Trinajstić information content (AvgIpc) is 3.12. The van der Waals surface area contributed by atoms with Crippen molar-refractivity contribution in [1.82, 2.24) is 8.87 Å². The maximum Gasteiger partial charge on any atom is 0.244 e. The Balaban J connectivity index is 1.85. The van der Waals surface area contributed by atoms with Crippen LogP contribution < -0.4 is 0 Å². The predicted molar refractivity (Wildman–Crippen MR) is 97.7 cm³/mol. The molecule has 0 amide bonds. The fourth-order valence-corrected chi connectivity index (χ4v) is 5.07. The minimum atomic E-state index is -3.82. The molecule has 2 aromatic carbocycles. The summed E-state index contributed by atoms with van der Waals surface area (Å²) in [4.78, 5) is 0.181. The number of rotatable bonds is 3. The Bertz CT molecular complexity index is 1090. The zero-order valence-corrected chi connectivity index (χ0v) is 15.5. The van der Waals surface area contributed by atoms with Crippen LogP contribution in [0.3, 0.4) is 0 Å².